The molecule has 0 saturated heterocycles. The van der Waals surface area contributed by atoms with Crippen molar-refractivity contribution >= 4 is 23.2 Å². The zero-order valence-corrected chi connectivity index (χ0v) is 6.90. The van der Waals surface area contributed by atoms with E-state index in [0.29, 0.717) is 5.03 Å². The molecule has 4 heteroatoms. The molecule has 0 aromatic rings. The Morgan fingerprint density at radius 1 is 1.67 bits per heavy atom. The summed E-state index contributed by atoms with van der Waals surface area (Å²) in [6.07, 6.45) is 2.77. The topological polar surface area (TPSA) is 34.1 Å². The average molecular weight is 189 g/mol. The SMILES string of the molecule is O=C(CF)C1=CC(Cl)=CCC1=O. The van der Waals surface area contributed by atoms with E-state index in [4.69, 9.17) is 11.6 Å². The molecule has 0 amide bonds. The summed E-state index contributed by atoms with van der Waals surface area (Å²) in [5.41, 5.74) is -0.134. The van der Waals surface area contributed by atoms with E-state index in [1.54, 1.807) is 0 Å². The summed E-state index contributed by atoms with van der Waals surface area (Å²) in [5.74, 6) is -1.17. The Hall–Kier alpha value is -0.960. The smallest absolute Gasteiger partial charge is 0.197 e. The number of carbonyl (C=O) groups excluding carboxylic acids is 2. The first-order valence-electron chi connectivity index (χ1n) is 3.35. The van der Waals surface area contributed by atoms with Crippen molar-refractivity contribution in [2.45, 2.75) is 6.42 Å². The van der Waals surface area contributed by atoms with Crippen molar-refractivity contribution in [1.29, 1.82) is 0 Å². The number of hydrogen-bond donors (Lipinski definition) is 0. The van der Waals surface area contributed by atoms with Crippen LogP contribution in [0.3, 0.4) is 0 Å². The molecule has 1 aliphatic carbocycles. The van der Waals surface area contributed by atoms with Gasteiger partial charge in [-0.05, 0) is 6.08 Å². The van der Waals surface area contributed by atoms with Crippen molar-refractivity contribution in [2.24, 2.45) is 0 Å². The van der Waals surface area contributed by atoms with Crippen LogP contribution in [0.2, 0.25) is 0 Å². The van der Waals surface area contributed by atoms with Gasteiger partial charge in [0.15, 0.2) is 18.2 Å². The maximum Gasteiger partial charge on any atom is 0.197 e. The van der Waals surface area contributed by atoms with Gasteiger partial charge in [0, 0.05) is 11.5 Å². The van der Waals surface area contributed by atoms with Crippen LogP contribution in [0, 0.1) is 0 Å². The number of Topliss-reactive ketones (excluding diaryl/α,β-unsaturated/α-hetero) is 2. The van der Waals surface area contributed by atoms with Gasteiger partial charge >= 0.3 is 0 Å². The molecular weight excluding hydrogens is 183 g/mol. The molecule has 2 nitrogen and oxygen atoms in total. The molecular formula is C8H6ClFO2. The van der Waals surface area contributed by atoms with Crippen molar-refractivity contribution in [2.75, 3.05) is 6.67 Å². The third-order valence-electron chi connectivity index (χ3n) is 1.49. The van der Waals surface area contributed by atoms with Gasteiger partial charge in [-0.3, -0.25) is 9.59 Å². The van der Waals surface area contributed by atoms with Crippen LogP contribution in [-0.4, -0.2) is 18.2 Å². The van der Waals surface area contributed by atoms with Crippen molar-refractivity contribution in [3.8, 4) is 0 Å². The number of halogens is 2. The second kappa shape index (κ2) is 3.63. The number of rotatable bonds is 2. The van der Waals surface area contributed by atoms with Gasteiger partial charge in [0.25, 0.3) is 0 Å². The zero-order chi connectivity index (χ0) is 9.14. The number of allylic oxidation sites excluding steroid dienone is 4. The molecule has 0 saturated carbocycles. The quantitative estimate of drug-likeness (QED) is 0.616. The molecule has 0 aromatic carbocycles. The largest absolute Gasteiger partial charge is 0.294 e. The summed E-state index contributed by atoms with van der Waals surface area (Å²) in [7, 11) is 0. The van der Waals surface area contributed by atoms with Gasteiger partial charge in [-0.2, -0.15) is 0 Å². The van der Waals surface area contributed by atoms with Gasteiger partial charge in [-0.25, -0.2) is 4.39 Å². The fourth-order valence-electron chi connectivity index (χ4n) is 0.885. The average Bonchev–Trinajstić information content (AvgIpc) is 2.08. The Kier molecular flexibility index (Phi) is 2.76. The minimum atomic E-state index is -1.15. The van der Waals surface area contributed by atoms with Crippen LogP contribution in [0.25, 0.3) is 0 Å². The van der Waals surface area contributed by atoms with Crippen LogP contribution >= 0.6 is 11.6 Å². The highest BCUT2D eigenvalue weighted by molar-refractivity contribution is 6.34. The monoisotopic (exact) mass is 188 g/mol. The number of alkyl halides is 1. The molecule has 12 heavy (non-hydrogen) atoms. The first-order chi connectivity index (χ1) is 5.65. The Morgan fingerprint density at radius 3 is 2.92 bits per heavy atom. The minimum Gasteiger partial charge on any atom is -0.294 e. The summed E-state index contributed by atoms with van der Waals surface area (Å²) in [5, 5.41) is 0.311. The Labute approximate surface area is 73.7 Å². The normalized spacial score (nSPS) is 17.0. The van der Waals surface area contributed by atoms with Crippen molar-refractivity contribution < 1.29 is 14.0 Å². The lowest BCUT2D eigenvalue weighted by Crippen LogP contribution is -2.15. The van der Waals surface area contributed by atoms with E-state index in [9.17, 15) is 14.0 Å². The molecule has 0 radical (unpaired) electrons. The van der Waals surface area contributed by atoms with E-state index in [0.717, 1.165) is 0 Å². The Bertz CT molecular complexity index is 291. The highest BCUT2D eigenvalue weighted by Gasteiger charge is 2.19. The number of hydrogen-bond acceptors (Lipinski definition) is 2. The van der Waals surface area contributed by atoms with Gasteiger partial charge in [-0.15, -0.1) is 0 Å². The molecule has 0 unspecified atom stereocenters. The molecule has 0 aromatic heterocycles. The molecule has 0 heterocycles. The van der Waals surface area contributed by atoms with E-state index in [2.05, 4.69) is 0 Å². The summed E-state index contributed by atoms with van der Waals surface area (Å²) >= 11 is 5.54. The standard InChI is InChI=1S/C8H6ClFO2/c9-5-1-2-7(11)6(3-5)8(12)4-10/h1,3H,2,4H2. The van der Waals surface area contributed by atoms with Gasteiger partial charge in [0.1, 0.15) is 0 Å². The van der Waals surface area contributed by atoms with Crippen LogP contribution < -0.4 is 0 Å². The van der Waals surface area contributed by atoms with E-state index < -0.39 is 12.5 Å². The third kappa shape index (κ3) is 1.80. The molecule has 1 aliphatic rings. The van der Waals surface area contributed by atoms with Crippen molar-refractivity contribution in [3.05, 3.63) is 22.8 Å². The highest BCUT2D eigenvalue weighted by atomic mass is 35.5. The van der Waals surface area contributed by atoms with Crippen LogP contribution in [0.15, 0.2) is 22.8 Å². The van der Waals surface area contributed by atoms with Crippen molar-refractivity contribution in [3.63, 3.8) is 0 Å². The maximum absolute atomic E-state index is 11.9. The lowest BCUT2D eigenvalue weighted by molar-refractivity contribution is -0.121. The van der Waals surface area contributed by atoms with Crippen LogP contribution in [0.5, 0.6) is 0 Å². The summed E-state index contributed by atoms with van der Waals surface area (Å²) in [6, 6.07) is 0. The fourth-order valence-corrected chi connectivity index (χ4v) is 1.07. The van der Waals surface area contributed by atoms with Crippen LogP contribution in [0.4, 0.5) is 4.39 Å². The number of ketones is 2. The molecule has 64 valence electrons. The molecule has 0 bridgehead atoms. The van der Waals surface area contributed by atoms with E-state index in [1.165, 1.54) is 12.2 Å². The summed E-state index contributed by atoms with van der Waals surface area (Å²) < 4.78 is 11.9. The van der Waals surface area contributed by atoms with Crippen molar-refractivity contribution in [1.82, 2.24) is 0 Å². The number of carbonyl (C=O) groups is 2. The Balaban J connectivity index is 2.93. The lowest BCUT2D eigenvalue weighted by atomic mass is 10.0. The summed E-state index contributed by atoms with van der Waals surface area (Å²) in [6.45, 7) is -1.15. The first kappa shape index (κ1) is 9.13. The Morgan fingerprint density at radius 2 is 2.33 bits per heavy atom. The van der Waals surface area contributed by atoms with Crippen LogP contribution in [-0.2, 0) is 9.59 Å². The van der Waals surface area contributed by atoms with Gasteiger partial charge in [0.2, 0.25) is 0 Å². The molecule has 0 fully saturated rings. The van der Waals surface area contributed by atoms with E-state index >= 15 is 0 Å². The van der Waals surface area contributed by atoms with Gasteiger partial charge in [0.05, 0.1) is 5.57 Å². The zero-order valence-electron chi connectivity index (χ0n) is 6.14. The summed E-state index contributed by atoms with van der Waals surface area (Å²) in [4.78, 5) is 21.8. The fraction of sp³-hybridized carbons (Fsp3) is 0.250. The molecule has 0 atom stereocenters. The third-order valence-corrected chi connectivity index (χ3v) is 1.75. The molecule has 0 N–H and O–H groups in total. The van der Waals surface area contributed by atoms with E-state index in [1.807, 2.05) is 0 Å². The highest BCUT2D eigenvalue weighted by Crippen LogP contribution is 2.17. The molecule has 0 aliphatic heterocycles. The lowest BCUT2D eigenvalue weighted by Gasteiger charge is -2.05. The van der Waals surface area contributed by atoms with Gasteiger partial charge < -0.3 is 0 Å². The van der Waals surface area contributed by atoms with Crippen LogP contribution in [0.1, 0.15) is 6.42 Å². The predicted molar refractivity (Wildman–Crippen MR) is 42.6 cm³/mol. The van der Waals surface area contributed by atoms with E-state index in [-0.39, 0.29) is 17.8 Å². The molecule has 1 rings (SSSR count). The maximum atomic E-state index is 11.9. The predicted octanol–water partition coefficient (Wildman–Crippen LogP) is 1.55. The second-order valence-electron chi connectivity index (χ2n) is 2.33. The van der Waals surface area contributed by atoms with Gasteiger partial charge in [-0.1, -0.05) is 17.7 Å². The minimum absolute atomic E-state index is 0.0798. The molecule has 0 spiro atoms. The second-order valence-corrected chi connectivity index (χ2v) is 2.77. The first-order valence-corrected chi connectivity index (χ1v) is 3.72.